The minimum atomic E-state index is -0.225. The Bertz CT molecular complexity index is 110. The van der Waals surface area contributed by atoms with Crippen molar-refractivity contribution in [2.45, 2.75) is 6.42 Å². The lowest BCUT2D eigenvalue weighted by Gasteiger charge is -1.93. The zero-order valence-corrected chi connectivity index (χ0v) is 4.69. The molecule has 0 aromatic carbocycles. The Hall–Kier alpha value is -1.06. The number of carbonyl (C=O) groups is 1. The molecule has 0 aromatic rings. The predicted octanol–water partition coefficient (Wildman–Crippen LogP) is -0.942. The lowest BCUT2D eigenvalue weighted by Crippen LogP contribution is -2.24. The fourth-order valence-electron chi connectivity index (χ4n) is 0.261. The summed E-state index contributed by atoms with van der Waals surface area (Å²) >= 11 is 0. The van der Waals surface area contributed by atoms with Gasteiger partial charge in [-0.25, -0.2) is 0 Å². The second kappa shape index (κ2) is 3.01. The first kappa shape index (κ1) is 6.94. The molecule has 0 aromatic heterocycles. The Labute approximate surface area is 47.6 Å². The van der Waals surface area contributed by atoms with Crippen LogP contribution >= 0.6 is 0 Å². The van der Waals surface area contributed by atoms with Gasteiger partial charge in [0.05, 0.1) is 12.3 Å². The third-order valence-electron chi connectivity index (χ3n) is 0.630. The Morgan fingerprint density at radius 1 is 1.88 bits per heavy atom. The molecule has 4 heteroatoms. The molecule has 1 amide bonds. The van der Waals surface area contributed by atoms with Gasteiger partial charge in [0.1, 0.15) is 0 Å². The molecule has 0 rings (SSSR count). The fourth-order valence-corrected chi connectivity index (χ4v) is 0.261. The molecule has 46 valence electrons. The zero-order chi connectivity index (χ0) is 6.57. The molecule has 4 N–H and O–H groups in total. The molecule has 8 heavy (non-hydrogen) atoms. The molecule has 0 bridgehead atoms. The summed E-state index contributed by atoms with van der Waals surface area (Å²) in [7, 11) is 1.51. The second-order valence-electron chi connectivity index (χ2n) is 1.38. The third-order valence-corrected chi connectivity index (χ3v) is 0.630. The summed E-state index contributed by atoms with van der Waals surface area (Å²) < 4.78 is 0. The van der Waals surface area contributed by atoms with Crippen molar-refractivity contribution >= 4 is 11.7 Å². The van der Waals surface area contributed by atoms with Crippen molar-refractivity contribution in [2.24, 2.45) is 5.73 Å². The van der Waals surface area contributed by atoms with E-state index in [1.54, 1.807) is 0 Å². The van der Waals surface area contributed by atoms with Crippen LogP contribution in [0.5, 0.6) is 0 Å². The van der Waals surface area contributed by atoms with Gasteiger partial charge in [-0.1, -0.05) is 0 Å². The van der Waals surface area contributed by atoms with E-state index in [-0.39, 0.29) is 18.2 Å². The summed E-state index contributed by atoms with van der Waals surface area (Å²) in [4.78, 5) is 10.3. The molecule has 0 unspecified atom stereocenters. The number of carbonyl (C=O) groups excluding carboxylic acids is 1. The van der Waals surface area contributed by atoms with Crippen LogP contribution in [0.3, 0.4) is 0 Å². The number of rotatable bonds is 2. The molecule has 0 spiro atoms. The normalized spacial score (nSPS) is 8.12. The lowest BCUT2D eigenvalue weighted by atomic mass is 10.4. The van der Waals surface area contributed by atoms with E-state index in [4.69, 9.17) is 11.1 Å². The van der Waals surface area contributed by atoms with E-state index >= 15 is 0 Å². The number of amides is 1. The summed E-state index contributed by atoms with van der Waals surface area (Å²) in [5.74, 6) is -0.332. The Kier molecular flexibility index (Phi) is 2.61. The van der Waals surface area contributed by atoms with E-state index in [1.165, 1.54) is 7.05 Å². The molecular weight excluding hydrogens is 106 g/mol. The SMILES string of the molecule is CNC(=O)CC(=N)N. The average molecular weight is 115 g/mol. The van der Waals surface area contributed by atoms with Gasteiger partial charge in [-0.05, 0) is 0 Å². The molecule has 0 aliphatic heterocycles. The summed E-state index contributed by atoms with van der Waals surface area (Å²) in [6, 6.07) is 0. The molecular formula is C4H9N3O. The third kappa shape index (κ3) is 3.14. The van der Waals surface area contributed by atoms with E-state index in [1.807, 2.05) is 0 Å². The van der Waals surface area contributed by atoms with Crippen LogP contribution in [0.1, 0.15) is 6.42 Å². The van der Waals surface area contributed by atoms with Crippen LogP contribution in [-0.4, -0.2) is 18.8 Å². The van der Waals surface area contributed by atoms with Crippen LogP contribution in [-0.2, 0) is 4.79 Å². The molecule has 0 fully saturated rings. The number of hydrogen-bond acceptors (Lipinski definition) is 2. The van der Waals surface area contributed by atoms with Gasteiger partial charge in [0, 0.05) is 7.05 Å². The average Bonchev–Trinajstić information content (AvgIpc) is 1.65. The molecule has 0 atom stereocenters. The summed E-state index contributed by atoms with van der Waals surface area (Å²) in [6.45, 7) is 0. The molecule has 0 saturated heterocycles. The van der Waals surface area contributed by atoms with Crippen LogP contribution in [0.2, 0.25) is 0 Å². The first-order valence-electron chi connectivity index (χ1n) is 2.20. The molecule has 0 aliphatic carbocycles. The summed E-state index contributed by atoms with van der Waals surface area (Å²) in [5.41, 5.74) is 4.89. The van der Waals surface area contributed by atoms with Gasteiger partial charge < -0.3 is 11.1 Å². The smallest absolute Gasteiger partial charge is 0.227 e. The van der Waals surface area contributed by atoms with E-state index < -0.39 is 0 Å². The highest BCUT2D eigenvalue weighted by atomic mass is 16.1. The highest BCUT2D eigenvalue weighted by Gasteiger charge is 1.96. The highest BCUT2D eigenvalue weighted by molar-refractivity contribution is 5.97. The maximum atomic E-state index is 10.3. The standard InChI is InChI=1S/C4H9N3O/c1-7-4(8)2-3(5)6/h2H2,1H3,(H3,5,6)(H,7,8). The Balaban J connectivity index is 3.40. The van der Waals surface area contributed by atoms with Gasteiger partial charge >= 0.3 is 0 Å². The van der Waals surface area contributed by atoms with Gasteiger partial charge in [0.15, 0.2) is 0 Å². The van der Waals surface area contributed by atoms with Gasteiger partial charge in [-0.15, -0.1) is 0 Å². The van der Waals surface area contributed by atoms with Crippen molar-refractivity contribution in [1.29, 1.82) is 5.41 Å². The van der Waals surface area contributed by atoms with Crippen LogP contribution in [0, 0.1) is 5.41 Å². The number of nitrogens with two attached hydrogens (primary N) is 1. The van der Waals surface area contributed by atoms with Gasteiger partial charge in [0.25, 0.3) is 0 Å². The monoisotopic (exact) mass is 115 g/mol. The molecule has 0 radical (unpaired) electrons. The number of hydrogen-bond donors (Lipinski definition) is 3. The van der Waals surface area contributed by atoms with E-state index in [9.17, 15) is 4.79 Å². The summed E-state index contributed by atoms with van der Waals surface area (Å²) in [6.07, 6.45) is -0.00347. The Morgan fingerprint density at radius 2 is 2.38 bits per heavy atom. The molecule has 0 aliphatic rings. The largest absolute Gasteiger partial charge is 0.387 e. The van der Waals surface area contributed by atoms with E-state index in [2.05, 4.69) is 5.32 Å². The maximum absolute atomic E-state index is 10.3. The maximum Gasteiger partial charge on any atom is 0.227 e. The first-order chi connectivity index (χ1) is 3.66. The van der Waals surface area contributed by atoms with Crippen LogP contribution in [0.4, 0.5) is 0 Å². The minimum Gasteiger partial charge on any atom is -0.387 e. The second-order valence-corrected chi connectivity index (χ2v) is 1.38. The molecule has 0 heterocycles. The quantitative estimate of drug-likeness (QED) is 0.320. The van der Waals surface area contributed by atoms with Crippen molar-refractivity contribution < 1.29 is 4.79 Å². The van der Waals surface area contributed by atoms with Crippen LogP contribution in [0.15, 0.2) is 0 Å². The first-order valence-corrected chi connectivity index (χ1v) is 2.20. The highest BCUT2D eigenvalue weighted by Crippen LogP contribution is 1.73. The van der Waals surface area contributed by atoms with E-state index in [0.717, 1.165) is 0 Å². The number of amidine groups is 1. The lowest BCUT2D eigenvalue weighted by molar-refractivity contribution is -0.119. The molecule has 0 saturated carbocycles. The summed E-state index contributed by atoms with van der Waals surface area (Å²) in [5, 5.41) is 8.98. The topological polar surface area (TPSA) is 79.0 Å². The number of nitrogens with one attached hydrogen (secondary N) is 2. The van der Waals surface area contributed by atoms with Gasteiger partial charge in [0.2, 0.25) is 5.91 Å². The fraction of sp³-hybridized carbons (Fsp3) is 0.500. The molecule has 4 nitrogen and oxygen atoms in total. The van der Waals surface area contributed by atoms with Gasteiger partial charge in [-0.2, -0.15) is 0 Å². The van der Waals surface area contributed by atoms with Crippen molar-refractivity contribution in [2.75, 3.05) is 7.05 Å². The van der Waals surface area contributed by atoms with Gasteiger partial charge in [-0.3, -0.25) is 10.2 Å². The van der Waals surface area contributed by atoms with Crippen molar-refractivity contribution in [3.05, 3.63) is 0 Å². The van der Waals surface area contributed by atoms with Crippen molar-refractivity contribution in [3.8, 4) is 0 Å². The minimum absolute atomic E-state index is 0.00347. The Morgan fingerprint density at radius 3 is 2.50 bits per heavy atom. The predicted molar refractivity (Wildman–Crippen MR) is 30.6 cm³/mol. The van der Waals surface area contributed by atoms with Crippen LogP contribution in [0.25, 0.3) is 0 Å². The van der Waals surface area contributed by atoms with Crippen molar-refractivity contribution in [1.82, 2.24) is 5.32 Å². The zero-order valence-electron chi connectivity index (χ0n) is 4.69. The van der Waals surface area contributed by atoms with E-state index in [0.29, 0.717) is 0 Å². The van der Waals surface area contributed by atoms with Crippen molar-refractivity contribution in [3.63, 3.8) is 0 Å². The van der Waals surface area contributed by atoms with Crippen LogP contribution < -0.4 is 11.1 Å².